The van der Waals surface area contributed by atoms with Crippen LogP contribution < -0.4 is 5.32 Å². The minimum absolute atomic E-state index is 0.252. The largest absolute Gasteiger partial charge is 0.422 e. The maximum absolute atomic E-state index is 12.7. The highest BCUT2D eigenvalue weighted by molar-refractivity contribution is 7.96. The highest BCUT2D eigenvalue weighted by Gasteiger charge is 2.20. The third kappa shape index (κ3) is 2.78. The van der Waals surface area contributed by atoms with E-state index >= 15 is 0 Å². The van der Waals surface area contributed by atoms with Gasteiger partial charge in [-0.15, -0.1) is 0 Å². The van der Waals surface area contributed by atoms with Crippen molar-refractivity contribution in [2.45, 2.75) is 5.37 Å². The first-order valence-corrected chi connectivity index (χ1v) is 4.83. The number of carbonyl (C=O) groups excluding carboxylic acids is 1. The molecule has 14 heavy (non-hydrogen) atoms. The van der Waals surface area contributed by atoms with Crippen LogP contribution in [0.3, 0.4) is 0 Å². The van der Waals surface area contributed by atoms with Crippen molar-refractivity contribution in [3.63, 3.8) is 0 Å². The molecule has 1 rings (SSSR count). The smallest absolute Gasteiger partial charge is 0.167 e. The molecule has 0 spiro atoms. The van der Waals surface area contributed by atoms with Crippen molar-refractivity contribution in [3.05, 3.63) is 35.5 Å². The monoisotopic (exact) mass is 235 g/mol. The van der Waals surface area contributed by atoms with Crippen LogP contribution in [0.25, 0.3) is 0 Å². The molecule has 0 amide bonds. The molecule has 1 N–H and O–H groups in total. The van der Waals surface area contributed by atoms with E-state index in [1.54, 1.807) is 0 Å². The van der Waals surface area contributed by atoms with Gasteiger partial charge in [0.15, 0.2) is 17.4 Å². The van der Waals surface area contributed by atoms with E-state index in [4.69, 9.17) is 15.8 Å². The zero-order valence-electron chi connectivity index (χ0n) is 7.00. The van der Waals surface area contributed by atoms with Gasteiger partial charge in [0.05, 0.1) is 17.7 Å². The lowest BCUT2D eigenvalue weighted by Gasteiger charge is -2.23. The zero-order chi connectivity index (χ0) is 10.6. The maximum atomic E-state index is 12.7. The lowest BCUT2D eigenvalue weighted by atomic mass is 10.3. The predicted octanol–water partition coefficient (Wildman–Crippen LogP) is 2.23. The van der Waals surface area contributed by atoms with Gasteiger partial charge in [-0.3, -0.25) is 4.79 Å². The van der Waals surface area contributed by atoms with E-state index in [1.807, 2.05) is 0 Å². The number of rotatable bonds is 2. The van der Waals surface area contributed by atoms with Crippen molar-refractivity contribution < 1.29 is 13.4 Å². The lowest BCUT2D eigenvalue weighted by Crippen LogP contribution is -2.31. The van der Waals surface area contributed by atoms with Crippen LogP contribution in [0, 0.1) is 0 Å². The molecule has 3 nitrogen and oxygen atoms in total. The summed E-state index contributed by atoms with van der Waals surface area (Å²) in [7, 11) is 0. The highest BCUT2D eigenvalue weighted by atomic mass is 35.5. The van der Waals surface area contributed by atoms with Gasteiger partial charge in [0.1, 0.15) is 5.83 Å². The van der Waals surface area contributed by atoms with Crippen molar-refractivity contribution in [1.82, 2.24) is 5.32 Å². The normalized spacial score (nSPS) is 25.6. The van der Waals surface area contributed by atoms with Gasteiger partial charge >= 0.3 is 0 Å². The first-order valence-electron chi connectivity index (χ1n) is 3.59. The van der Waals surface area contributed by atoms with E-state index in [2.05, 4.69) is 11.9 Å². The van der Waals surface area contributed by atoms with Crippen LogP contribution >= 0.6 is 23.6 Å². The minimum atomic E-state index is -0.643. The SMILES string of the molecule is C=C1OSC(C=O)N/C1=C/C(F)=C/Cl. The van der Waals surface area contributed by atoms with Crippen molar-refractivity contribution in [2.75, 3.05) is 0 Å². The van der Waals surface area contributed by atoms with Crippen LogP contribution in [0.5, 0.6) is 0 Å². The average molecular weight is 236 g/mol. The molecule has 76 valence electrons. The second-order valence-electron chi connectivity index (χ2n) is 2.36. The molecule has 0 aromatic carbocycles. The van der Waals surface area contributed by atoms with Crippen LogP contribution in [0.4, 0.5) is 4.39 Å². The molecular formula is C8H7ClFNO2S. The molecule has 1 heterocycles. The van der Waals surface area contributed by atoms with E-state index in [9.17, 15) is 9.18 Å². The molecule has 0 aromatic heterocycles. The summed E-state index contributed by atoms with van der Waals surface area (Å²) >= 11 is 6.05. The van der Waals surface area contributed by atoms with E-state index in [-0.39, 0.29) is 5.76 Å². The van der Waals surface area contributed by atoms with Crippen molar-refractivity contribution in [2.24, 2.45) is 0 Å². The number of aldehydes is 1. The summed E-state index contributed by atoms with van der Waals surface area (Å²) in [4.78, 5) is 10.4. The molecule has 0 bridgehead atoms. The van der Waals surface area contributed by atoms with Gasteiger partial charge in [-0.1, -0.05) is 18.2 Å². The summed E-state index contributed by atoms with van der Waals surface area (Å²) in [5.74, 6) is -0.391. The Balaban J connectivity index is 2.79. The molecule has 0 aromatic rings. The third-order valence-corrected chi connectivity index (χ3v) is 2.30. The average Bonchev–Trinajstić information content (AvgIpc) is 2.21. The number of hydrogen-bond acceptors (Lipinski definition) is 4. The van der Waals surface area contributed by atoms with Crippen LogP contribution in [0.1, 0.15) is 0 Å². The van der Waals surface area contributed by atoms with Crippen LogP contribution in [-0.2, 0) is 8.98 Å². The molecule has 1 aliphatic heterocycles. The van der Waals surface area contributed by atoms with Gasteiger partial charge in [-0.05, 0) is 0 Å². The summed E-state index contributed by atoms with van der Waals surface area (Å²) in [5, 5.41) is 2.15. The number of halogens is 2. The Bertz CT molecular complexity index is 316. The molecule has 0 radical (unpaired) electrons. The van der Waals surface area contributed by atoms with Gasteiger partial charge in [0.25, 0.3) is 0 Å². The minimum Gasteiger partial charge on any atom is -0.422 e. The molecule has 6 heteroatoms. The molecular weight excluding hydrogens is 229 g/mol. The fourth-order valence-electron chi connectivity index (χ4n) is 0.761. The zero-order valence-corrected chi connectivity index (χ0v) is 8.57. The Labute approximate surface area is 89.8 Å². The standard InChI is InChI=1S/C8H7ClFNO2S/c1-5-7(2-6(10)3-9)11-8(4-12)14-13-5/h2-4,8,11H,1H2/b6-3-,7-2+. The number of allylic oxidation sites excluding steroid dienone is 2. The molecule has 1 unspecified atom stereocenters. The lowest BCUT2D eigenvalue weighted by molar-refractivity contribution is -0.107. The van der Waals surface area contributed by atoms with Crippen LogP contribution in [0.2, 0.25) is 0 Å². The maximum Gasteiger partial charge on any atom is 0.167 e. The molecule has 1 saturated heterocycles. The van der Waals surface area contributed by atoms with Gasteiger partial charge in [-0.2, -0.15) is 0 Å². The summed E-state index contributed by atoms with van der Waals surface area (Å²) < 4.78 is 17.7. The summed E-state index contributed by atoms with van der Waals surface area (Å²) in [6, 6.07) is 0. The Hall–Kier alpha value is -0.940. The Morgan fingerprint density at radius 3 is 3.07 bits per heavy atom. The molecule has 1 atom stereocenters. The molecule has 1 aliphatic rings. The summed E-state index contributed by atoms with van der Waals surface area (Å²) in [5.41, 5.74) is 1.08. The fourth-order valence-corrected chi connectivity index (χ4v) is 1.35. The van der Waals surface area contributed by atoms with Crippen LogP contribution in [-0.4, -0.2) is 11.7 Å². The summed E-state index contributed by atoms with van der Waals surface area (Å²) in [6.07, 6.45) is 1.75. The van der Waals surface area contributed by atoms with Crippen LogP contribution in [0.15, 0.2) is 35.5 Å². The van der Waals surface area contributed by atoms with E-state index in [1.165, 1.54) is 0 Å². The Morgan fingerprint density at radius 1 is 1.79 bits per heavy atom. The second-order valence-corrected chi connectivity index (χ2v) is 3.44. The third-order valence-electron chi connectivity index (χ3n) is 1.36. The van der Waals surface area contributed by atoms with E-state index in [0.717, 1.165) is 23.7 Å². The number of carbonyl (C=O) groups is 1. The van der Waals surface area contributed by atoms with Crippen molar-refractivity contribution in [3.8, 4) is 0 Å². The van der Waals surface area contributed by atoms with Crippen molar-refractivity contribution in [1.29, 1.82) is 0 Å². The molecule has 0 saturated carbocycles. The van der Waals surface area contributed by atoms with Gasteiger partial charge in [-0.25, -0.2) is 4.39 Å². The molecule has 0 aliphatic carbocycles. The Kier molecular flexibility index (Phi) is 4.03. The number of nitrogens with one attached hydrogen (secondary N) is 1. The molecule has 1 fully saturated rings. The van der Waals surface area contributed by atoms with Gasteiger partial charge in [0.2, 0.25) is 0 Å². The topological polar surface area (TPSA) is 38.3 Å². The van der Waals surface area contributed by atoms with Crippen molar-refractivity contribution >= 4 is 29.9 Å². The van der Waals surface area contributed by atoms with E-state index < -0.39 is 11.2 Å². The van der Waals surface area contributed by atoms with E-state index in [0.29, 0.717) is 12.0 Å². The Morgan fingerprint density at radius 2 is 2.50 bits per heavy atom. The fraction of sp³-hybridized carbons (Fsp3) is 0.125. The predicted molar refractivity (Wildman–Crippen MR) is 53.9 cm³/mol. The summed E-state index contributed by atoms with van der Waals surface area (Å²) in [6.45, 7) is 3.52. The highest BCUT2D eigenvalue weighted by Crippen LogP contribution is 2.25. The van der Waals surface area contributed by atoms with Gasteiger partial charge < -0.3 is 9.50 Å². The second kappa shape index (κ2) is 5.07. The first kappa shape index (κ1) is 11.1. The quantitative estimate of drug-likeness (QED) is 0.589. The first-order chi connectivity index (χ1) is 6.67. The van der Waals surface area contributed by atoms with Gasteiger partial charge in [0, 0.05) is 11.6 Å². The number of hydrogen-bond donors (Lipinski definition) is 1.